The Balaban J connectivity index is 2.14. The number of nitrogens with zero attached hydrogens (tertiary/aromatic N) is 1. The zero-order valence-electron chi connectivity index (χ0n) is 16.3. The van der Waals surface area contributed by atoms with Crippen LogP contribution in [0.2, 0.25) is 0 Å². The van der Waals surface area contributed by atoms with Crippen molar-refractivity contribution in [2.75, 3.05) is 18.5 Å². The van der Waals surface area contributed by atoms with Crippen molar-refractivity contribution in [2.45, 2.75) is 26.9 Å². The van der Waals surface area contributed by atoms with Crippen LogP contribution in [0.4, 0.5) is 5.69 Å². The van der Waals surface area contributed by atoms with Crippen molar-refractivity contribution in [3.05, 3.63) is 65.2 Å². The lowest BCUT2D eigenvalue weighted by Crippen LogP contribution is -2.14. The first kappa shape index (κ1) is 21.8. The van der Waals surface area contributed by atoms with Gasteiger partial charge in [-0.3, -0.25) is 9.36 Å². The largest absolute Gasteiger partial charge is 0.335 e. The van der Waals surface area contributed by atoms with Gasteiger partial charge < -0.3 is 20.2 Å². The molecule has 2 rings (SSSR count). The van der Waals surface area contributed by atoms with E-state index in [2.05, 4.69) is 10.4 Å². The zero-order valence-corrected chi connectivity index (χ0v) is 17.2. The molecule has 3 N–H and O–H groups in total. The second-order valence-electron chi connectivity index (χ2n) is 6.02. The van der Waals surface area contributed by atoms with Crippen LogP contribution >= 0.6 is 7.60 Å². The molecule has 0 spiro atoms. The van der Waals surface area contributed by atoms with Crippen LogP contribution in [0.3, 0.4) is 0 Å². The lowest BCUT2D eigenvalue weighted by molar-refractivity contribution is 0.102. The van der Waals surface area contributed by atoms with Crippen LogP contribution in [0, 0.1) is 0 Å². The first-order chi connectivity index (χ1) is 13.4. The molecule has 0 radical (unpaired) electrons. The van der Waals surface area contributed by atoms with Gasteiger partial charge >= 0.3 is 7.60 Å². The van der Waals surface area contributed by atoms with E-state index in [-0.39, 0.29) is 12.1 Å². The van der Waals surface area contributed by atoms with Gasteiger partial charge in [-0.25, -0.2) is 0 Å². The Bertz CT molecular complexity index is 871. The SMILES string of the molecule is CCOP(=O)(Cc1ccc(C(=O)Nc2ccccc2C(C)=NN)cc1)OCC. The maximum atomic E-state index is 12.6. The van der Waals surface area contributed by atoms with Gasteiger partial charge in [-0.1, -0.05) is 30.3 Å². The molecule has 8 heteroatoms. The van der Waals surface area contributed by atoms with Gasteiger partial charge in [-0.05, 0) is 44.5 Å². The van der Waals surface area contributed by atoms with E-state index in [1.807, 2.05) is 18.2 Å². The molecular weight excluding hydrogens is 377 g/mol. The third kappa shape index (κ3) is 5.76. The monoisotopic (exact) mass is 403 g/mol. The number of anilines is 1. The normalized spacial score (nSPS) is 12.0. The van der Waals surface area contributed by atoms with Crippen molar-refractivity contribution in [1.29, 1.82) is 0 Å². The van der Waals surface area contributed by atoms with E-state index in [1.165, 1.54) is 0 Å². The van der Waals surface area contributed by atoms with Crippen LogP contribution in [-0.4, -0.2) is 24.8 Å². The molecule has 28 heavy (non-hydrogen) atoms. The average molecular weight is 403 g/mol. The summed E-state index contributed by atoms with van der Waals surface area (Å²) in [7, 11) is -3.18. The van der Waals surface area contributed by atoms with E-state index in [9.17, 15) is 9.36 Å². The molecule has 0 atom stereocenters. The van der Waals surface area contributed by atoms with Crippen LogP contribution in [0.15, 0.2) is 53.6 Å². The van der Waals surface area contributed by atoms with E-state index < -0.39 is 7.60 Å². The smallest absolute Gasteiger partial charge is 0.323 e. The molecule has 2 aromatic rings. The molecule has 0 saturated heterocycles. The minimum absolute atomic E-state index is 0.158. The molecule has 0 saturated carbocycles. The number of carbonyl (C=O) groups excluding carboxylic acids is 1. The van der Waals surface area contributed by atoms with Gasteiger partial charge in [0.1, 0.15) is 0 Å². The topological polar surface area (TPSA) is 103 Å². The minimum atomic E-state index is -3.18. The summed E-state index contributed by atoms with van der Waals surface area (Å²) in [4.78, 5) is 12.6. The molecule has 150 valence electrons. The number of hydrogen-bond donors (Lipinski definition) is 2. The Morgan fingerprint density at radius 2 is 1.68 bits per heavy atom. The van der Waals surface area contributed by atoms with Crippen LogP contribution in [0.1, 0.15) is 42.3 Å². The van der Waals surface area contributed by atoms with Gasteiger partial charge in [0.25, 0.3) is 5.91 Å². The quantitative estimate of drug-likeness (QED) is 0.280. The molecule has 0 heterocycles. The van der Waals surface area contributed by atoms with E-state index in [0.717, 1.165) is 11.1 Å². The molecule has 0 unspecified atom stereocenters. The fourth-order valence-corrected chi connectivity index (χ4v) is 4.38. The molecule has 0 aromatic heterocycles. The van der Waals surface area contributed by atoms with Crippen LogP contribution < -0.4 is 11.2 Å². The second-order valence-corrected chi connectivity index (χ2v) is 8.07. The van der Waals surface area contributed by atoms with Crippen LogP contribution in [0.5, 0.6) is 0 Å². The number of rotatable bonds is 9. The molecule has 1 amide bonds. The van der Waals surface area contributed by atoms with Crippen molar-refractivity contribution in [3.8, 4) is 0 Å². The third-order valence-corrected chi connectivity index (χ3v) is 6.06. The summed E-state index contributed by atoms with van der Waals surface area (Å²) >= 11 is 0. The average Bonchev–Trinajstić information content (AvgIpc) is 2.68. The van der Waals surface area contributed by atoms with Crippen LogP contribution in [0.25, 0.3) is 0 Å². The third-order valence-electron chi connectivity index (χ3n) is 4.00. The summed E-state index contributed by atoms with van der Waals surface area (Å²) < 4.78 is 23.2. The molecule has 0 bridgehead atoms. The molecule has 0 fully saturated rings. The van der Waals surface area contributed by atoms with Gasteiger partial charge in [-0.2, -0.15) is 5.10 Å². The summed E-state index contributed by atoms with van der Waals surface area (Å²) in [5.41, 5.74) is 3.25. The lowest BCUT2D eigenvalue weighted by Gasteiger charge is -2.17. The molecule has 0 aliphatic rings. The Morgan fingerprint density at radius 3 is 2.25 bits per heavy atom. The number of nitrogens with two attached hydrogens (primary N) is 1. The van der Waals surface area contributed by atoms with Gasteiger partial charge in [-0.15, -0.1) is 0 Å². The Kier molecular flexibility index (Phi) is 7.93. The van der Waals surface area contributed by atoms with E-state index in [0.29, 0.717) is 30.2 Å². The molecular formula is C20H26N3O4P. The summed E-state index contributed by atoms with van der Waals surface area (Å²) in [6.45, 7) is 5.93. The maximum absolute atomic E-state index is 12.6. The molecule has 2 aromatic carbocycles. The highest BCUT2D eigenvalue weighted by molar-refractivity contribution is 7.53. The number of para-hydroxylation sites is 1. The number of nitrogens with one attached hydrogen (secondary N) is 1. The summed E-state index contributed by atoms with van der Waals surface area (Å²) in [5, 5.41) is 6.56. The standard InChI is InChI=1S/C20H26N3O4P/c1-4-26-28(25,27-5-2)14-16-10-12-17(13-11-16)20(24)22-19-9-7-6-8-18(19)15(3)23-21/h6-13H,4-5,14,21H2,1-3H3,(H,22,24). The van der Waals surface area contributed by atoms with Gasteiger partial charge in [0.05, 0.1) is 30.8 Å². The first-order valence-electron chi connectivity index (χ1n) is 9.04. The van der Waals surface area contributed by atoms with Gasteiger partial charge in [0.2, 0.25) is 0 Å². The van der Waals surface area contributed by atoms with Crippen LogP contribution in [-0.2, 0) is 19.8 Å². The minimum Gasteiger partial charge on any atom is -0.323 e. The first-order valence-corrected chi connectivity index (χ1v) is 10.8. The van der Waals surface area contributed by atoms with E-state index in [1.54, 1.807) is 51.1 Å². The number of amides is 1. The lowest BCUT2D eigenvalue weighted by atomic mass is 10.1. The summed E-state index contributed by atoms with van der Waals surface area (Å²) in [6.07, 6.45) is 0.158. The maximum Gasteiger partial charge on any atom is 0.335 e. The molecule has 0 aliphatic carbocycles. The molecule has 7 nitrogen and oxygen atoms in total. The Labute approximate surface area is 165 Å². The van der Waals surface area contributed by atoms with Gasteiger partial charge in [0, 0.05) is 11.1 Å². The van der Waals surface area contributed by atoms with Crippen molar-refractivity contribution in [3.63, 3.8) is 0 Å². The van der Waals surface area contributed by atoms with E-state index in [4.69, 9.17) is 14.9 Å². The Hall–Kier alpha value is -2.47. The Morgan fingerprint density at radius 1 is 1.07 bits per heavy atom. The van der Waals surface area contributed by atoms with Gasteiger partial charge in [0.15, 0.2) is 0 Å². The predicted octanol–water partition coefficient (Wildman–Crippen LogP) is 4.39. The number of hydrogen-bond acceptors (Lipinski definition) is 6. The highest BCUT2D eigenvalue weighted by atomic mass is 31.2. The fourth-order valence-electron chi connectivity index (χ4n) is 2.68. The summed E-state index contributed by atoms with van der Waals surface area (Å²) in [5.74, 6) is 5.09. The van der Waals surface area contributed by atoms with Crippen molar-refractivity contribution < 1.29 is 18.4 Å². The highest BCUT2D eigenvalue weighted by Gasteiger charge is 2.24. The zero-order chi connectivity index (χ0) is 20.6. The second kappa shape index (κ2) is 10.2. The van der Waals surface area contributed by atoms with E-state index >= 15 is 0 Å². The number of benzene rings is 2. The van der Waals surface area contributed by atoms with Crippen molar-refractivity contribution in [1.82, 2.24) is 0 Å². The van der Waals surface area contributed by atoms with Crippen molar-refractivity contribution >= 4 is 24.9 Å². The summed E-state index contributed by atoms with van der Waals surface area (Å²) in [6, 6.07) is 14.2. The highest BCUT2D eigenvalue weighted by Crippen LogP contribution is 2.51. The van der Waals surface area contributed by atoms with Crippen molar-refractivity contribution in [2.24, 2.45) is 10.9 Å². The number of hydrazone groups is 1. The fraction of sp³-hybridized carbons (Fsp3) is 0.300. The molecule has 0 aliphatic heterocycles. The number of carbonyl (C=O) groups is 1. The predicted molar refractivity (Wildman–Crippen MR) is 112 cm³/mol.